The number of phenols is 1. The maximum absolute atomic E-state index is 12.4. The first-order valence-electron chi connectivity index (χ1n) is 7.66. The second-order valence-corrected chi connectivity index (χ2v) is 7.75. The van der Waals surface area contributed by atoms with Gasteiger partial charge in [-0.25, -0.2) is 4.79 Å². The maximum atomic E-state index is 12.4. The van der Waals surface area contributed by atoms with Crippen LogP contribution < -0.4 is 5.73 Å². The number of nitrogen functional groups attached to an aromatic ring is 1. The molecule has 120 valence electrons. The Morgan fingerprint density at radius 1 is 1.41 bits per heavy atom. The number of hydrogen-bond acceptors (Lipinski definition) is 4. The fourth-order valence-corrected chi connectivity index (χ4v) is 4.41. The molecular formula is C17H22ClNO3. The largest absolute Gasteiger partial charge is 0.505 e. The molecule has 0 amide bonds. The average molecular weight is 324 g/mol. The van der Waals surface area contributed by atoms with E-state index < -0.39 is 5.97 Å². The molecule has 1 aromatic carbocycles. The van der Waals surface area contributed by atoms with Crippen LogP contribution in [0.4, 0.5) is 5.69 Å². The van der Waals surface area contributed by atoms with E-state index in [9.17, 15) is 9.90 Å². The van der Waals surface area contributed by atoms with Gasteiger partial charge in [0, 0.05) is 5.41 Å². The van der Waals surface area contributed by atoms with Crippen molar-refractivity contribution in [2.24, 2.45) is 16.7 Å². The molecule has 0 aromatic heterocycles. The first-order valence-corrected chi connectivity index (χ1v) is 8.04. The lowest BCUT2D eigenvalue weighted by molar-refractivity contribution is -0.0244. The number of carbonyl (C=O) groups excluding carboxylic acids is 1. The molecule has 3 N–H and O–H groups in total. The molecule has 5 heteroatoms. The van der Waals surface area contributed by atoms with E-state index in [0.717, 1.165) is 12.8 Å². The van der Waals surface area contributed by atoms with Gasteiger partial charge in [-0.2, -0.15) is 0 Å². The molecule has 2 fully saturated rings. The molecule has 2 saturated carbocycles. The van der Waals surface area contributed by atoms with Gasteiger partial charge in [0.15, 0.2) is 5.75 Å². The molecule has 2 aliphatic carbocycles. The van der Waals surface area contributed by atoms with Gasteiger partial charge in [0.1, 0.15) is 16.7 Å². The Balaban J connectivity index is 1.84. The van der Waals surface area contributed by atoms with E-state index in [4.69, 9.17) is 22.1 Å². The average Bonchev–Trinajstić information content (AvgIpc) is 2.78. The van der Waals surface area contributed by atoms with Gasteiger partial charge >= 0.3 is 5.97 Å². The van der Waals surface area contributed by atoms with Crippen molar-refractivity contribution in [2.75, 3.05) is 5.73 Å². The Morgan fingerprint density at radius 3 is 2.64 bits per heavy atom. The zero-order chi connectivity index (χ0) is 16.3. The summed E-state index contributed by atoms with van der Waals surface area (Å²) in [6, 6.07) is 2.96. The summed E-state index contributed by atoms with van der Waals surface area (Å²) < 4.78 is 5.75. The number of phenolic OH excluding ortho intramolecular Hbond substituents is 1. The smallest absolute Gasteiger partial charge is 0.342 e. The van der Waals surface area contributed by atoms with Crippen LogP contribution in [0.1, 0.15) is 50.4 Å². The van der Waals surface area contributed by atoms with Gasteiger partial charge in [0.05, 0.1) is 5.69 Å². The zero-order valence-electron chi connectivity index (χ0n) is 13.1. The third kappa shape index (κ3) is 1.93. The van der Waals surface area contributed by atoms with Crippen molar-refractivity contribution in [3.63, 3.8) is 0 Å². The minimum atomic E-state index is -0.533. The van der Waals surface area contributed by atoms with Gasteiger partial charge in [0.2, 0.25) is 0 Å². The lowest BCUT2D eigenvalue weighted by atomic mass is 9.70. The highest BCUT2D eigenvalue weighted by atomic mass is 35.5. The van der Waals surface area contributed by atoms with Crippen LogP contribution in [-0.2, 0) is 4.74 Å². The second kappa shape index (κ2) is 4.79. The molecule has 1 aromatic rings. The van der Waals surface area contributed by atoms with Gasteiger partial charge in [-0.15, -0.1) is 0 Å². The van der Waals surface area contributed by atoms with Crippen LogP contribution in [0, 0.1) is 16.7 Å². The molecule has 3 rings (SSSR count). The highest BCUT2D eigenvalue weighted by molar-refractivity contribution is 6.35. The minimum absolute atomic E-state index is 0.00562. The van der Waals surface area contributed by atoms with Crippen molar-refractivity contribution in [3.8, 4) is 5.75 Å². The third-order valence-electron chi connectivity index (χ3n) is 6.33. The lowest BCUT2D eigenvalue weighted by Gasteiger charge is -2.38. The number of nitrogens with two attached hydrogens (primary N) is 1. The van der Waals surface area contributed by atoms with Crippen LogP contribution in [0.3, 0.4) is 0 Å². The maximum Gasteiger partial charge on any atom is 0.342 e. The van der Waals surface area contributed by atoms with Crippen molar-refractivity contribution in [2.45, 2.75) is 46.1 Å². The van der Waals surface area contributed by atoms with Crippen molar-refractivity contribution >= 4 is 23.3 Å². The topological polar surface area (TPSA) is 72.5 Å². The Bertz CT molecular complexity index is 643. The molecule has 2 bridgehead atoms. The zero-order valence-corrected chi connectivity index (χ0v) is 13.9. The highest BCUT2D eigenvalue weighted by Gasteiger charge is 2.62. The van der Waals surface area contributed by atoms with Crippen LogP contribution in [0.15, 0.2) is 12.1 Å². The number of rotatable bonds is 2. The molecule has 0 aliphatic heterocycles. The van der Waals surface area contributed by atoms with Gasteiger partial charge in [0.25, 0.3) is 0 Å². The van der Waals surface area contributed by atoms with Crippen LogP contribution in [0.25, 0.3) is 0 Å². The quantitative estimate of drug-likeness (QED) is 0.637. The van der Waals surface area contributed by atoms with Crippen molar-refractivity contribution in [1.29, 1.82) is 0 Å². The summed E-state index contributed by atoms with van der Waals surface area (Å²) in [4.78, 5) is 12.4. The summed E-state index contributed by atoms with van der Waals surface area (Å²) in [5.41, 5.74) is 6.08. The molecule has 0 radical (unpaired) electrons. The molecule has 3 atom stereocenters. The number of aromatic hydroxyl groups is 1. The molecule has 3 unspecified atom stereocenters. The number of benzene rings is 1. The van der Waals surface area contributed by atoms with E-state index in [1.54, 1.807) is 0 Å². The van der Waals surface area contributed by atoms with Crippen molar-refractivity contribution < 1.29 is 14.6 Å². The first-order chi connectivity index (χ1) is 10.2. The number of halogens is 1. The summed E-state index contributed by atoms with van der Waals surface area (Å²) >= 11 is 5.90. The van der Waals surface area contributed by atoms with Crippen LogP contribution in [0.2, 0.25) is 5.02 Å². The van der Waals surface area contributed by atoms with Crippen LogP contribution >= 0.6 is 11.6 Å². The molecule has 22 heavy (non-hydrogen) atoms. The van der Waals surface area contributed by atoms with E-state index >= 15 is 0 Å². The standard InChI is InChI=1S/C17H22ClNO3/c1-16(2)9-6-7-17(16,3)12(8-9)22-15(21)10-4-5-11(19)13(18)14(10)20/h4-5,9,12,20H,6-8,19H2,1-3H3. The predicted molar refractivity (Wildman–Crippen MR) is 86.0 cm³/mol. The third-order valence-corrected chi connectivity index (χ3v) is 6.73. The second-order valence-electron chi connectivity index (χ2n) is 7.37. The Labute approximate surface area is 135 Å². The van der Waals surface area contributed by atoms with E-state index in [-0.39, 0.29) is 39.0 Å². The fraction of sp³-hybridized carbons (Fsp3) is 0.588. The normalized spacial score (nSPS) is 32.2. The number of carbonyl (C=O) groups is 1. The van der Waals surface area contributed by atoms with Crippen molar-refractivity contribution in [1.82, 2.24) is 0 Å². The summed E-state index contributed by atoms with van der Waals surface area (Å²) in [7, 11) is 0. The number of fused-ring (bicyclic) bond motifs is 2. The molecular weight excluding hydrogens is 302 g/mol. The van der Waals surface area contributed by atoms with E-state index in [1.165, 1.54) is 18.6 Å². The van der Waals surface area contributed by atoms with E-state index in [2.05, 4.69) is 20.8 Å². The molecule has 0 saturated heterocycles. The summed E-state index contributed by atoms with van der Waals surface area (Å²) in [6.07, 6.45) is 3.02. The number of ether oxygens (including phenoxy) is 1. The summed E-state index contributed by atoms with van der Waals surface area (Å²) in [5, 5.41) is 10.0. The Hall–Kier alpha value is -1.42. The first kappa shape index (κ1) is 15.5. The predicted octanol–water partition coefficient (Wildman–Crippen LogP) is 4.00. The van der Waals surface area contributed by atoms with Crippen LogP contribution in [-0.4, -0.2) is 17.2 Å². The lowest BCUT2D eigenvalue weighted by Crippen LogP contribution is -2.38. The van der Waals surface area contributed by atoms with Gasteiger partial charge in [-0.1, -0.05) is 32.4 Å². The summed E-state index contributed by atoms with van der Waals surface area (Å²) in [5.74, 6) is -0.257. The fourth-order valence-electron chi connectivity index (χ4n) is 4.25. The Kier molecular flexibility index (Phi) is 3.37. The van der Waals surface area contributed by atoms with Gasteiger partial charge < -0.3 is 15.6 Å². The summed E-state index contributed by atoms with van der Waals surface area (Å²) in [6.45, 7) is 6.72. The highest BCUT2D eigenvalue weighted by Crippen LogP contribution is 2.66. The molecule has 4 nitrogen and oxygen atoms in total. The minimum Gasteiger partial charge on any atom is -0.505 e. The SMILES string of the molecule is CC1(C)C2CCC1(C)C(OC(=O)c1ccc(N)c(Cl)c1O)C2. The van der Waals surface area contributed by atoms with E-state index in [1.807, 2.05) is 0 Å². The van der Waals surface area contributed by atoms with Gasteiger partial charge in [-0.05, 0) is 42.7 Å². The monoisotopic (exact) mass is 323 g/mol. The van der Waals surface area contributed by atoms with Gasteiger partial charge in [-0.3, -0.25) is 0 Å². The molecule has 0 spiro atoms. The number of anilines is 1. The number of hydrogen-bond donors (Lipinski definition) is 2. The van der Waals surface area contributed by atoms with E-state index in [0.29, 0.717) is 5.92 Å². The Morgan fingerprint density at radius 2 is 2.09 bits per heavy atom. The van der Waals surface area contributed by atoms with Crippen LogP contribution in [0.5, 0.6) is 5.75 Å². The molecule has 0 heterocycles. The molecule has 2 aliphatic rings. The number of esters is 1. The van der Waals surface area contributed by atoms with Crippen molar-refractivity contribution in [3.05, 3.63) is 22.7 Å².